The van der Waals surface area contributed by atoms with Crippen molar-refractivity contribution < 1.29 is 13.2 Å². The fourth-order valence-electron chi connectivity index (χ4n) is 4.14. The van der Waals surface area contributed by atoms with Crippen molar-refractivity contribution in [3.05, 3.63) is 112 Å². The van der Waals surface area contributed by atoms with Crippen LogP contribution in [0.3, 0.4) is 0 Å². The molecule has 0 atom stereocenters. The number of carbonyl (C=O) groups excluding carboxylic acids is 1. The Morgan fingerprint density at radius 1 is 1.00 bits per heavy atom. The molecule has 3 aromatic rings. The second-order valence-corrected chi connectivity index (χ2v) is 11.6. The third kappa shape index (κ3) is 7.56. The van der Waals surface area contributed by atoms with Crippen LogP contribution in [0.25, 0.3) is 11.8 Å². The zero-order chi connectivity index (χ0) is 27.8. The Morgan fingerprint density at radius 2 is 1.69 bits per heavy atom. The molecule has 4 rings (SSSR count). The van der Waals surface area contributed by atoms with Crippen LogP contribution in [0.15, 0.2) is 95.4 Å². The first-order valence-corrected chi connectivity index (χ1v) is 15.0. The summed E-state index contributed by atoms with van der Waals surface area (Å²) < 4.78 is 27.8. The molecule has 1 aliphatic rings. The summed E-state index contributed by atoms with van der Waals surface area (Å²) in [5, 5.41) is 3.61. The van der Waals surface area contributed by atoms with E-state index in [1.54, 1.807) is 41.3 Å². The quantitative estimate of drug-likeness (QED) is 0.180. The van der Waals surface area contributed by atoms with Gasteiger partial charge >= 0.3 is 0 Å². The molecule has 3 aromatic carbocycles. The molecule has 0 bridgehead atoms. The second-order valence-electron chi connectivity index (χ2n) is 9.11. The average molecular weight is 580 g/mol. The van der Waals surface area contributed by atoms with Gasteiger partial charge < -0.3 is 10.2 Å². The lowest BCUT2D eigenvalue weighted by Crippen LogP contribution is -2.39. The van der Waals surface area contributed by atoms with Crippen molar-refractivity contribution in [2.75, 3.05) is 13.1 Å². The third-order valence-corrected chi connectivity index (χ3v) is 8.23. The number of amides is 1. The van der Waals surface area contributed by atoms with Crippen LogP contribution in [0.1, 0.15) is 36.5 Å². The summed E-state index contributed by atoms with van der Waals surface area (Å²) in [6.45, 7) is 3.08. The molecule has 0 fully saturated rings. The normalized spacial score (nSPS) is 14.4. The minimum absolute atomic E-state index is 0.0842. The van der Waals surface area contributed by atoms with Gasteiger partial charge in [0, 0.05) is 23.7 Å². The number of sulfonamides is 1. The molecular formula is C30H30ClN3O3S2. The predicted octanol–water partition coefficient (Wildman–Crippen LogP) is 5.80. The topological polar surface area (TPSA) is 78.5 Å². The van der Waals surface area contributed by atoms with E-state index in [-0.39, 0.29) is 15.9 Å². The number of unbranched alkanes of at least 4 members (excludes halogenated alkanes) is 1. The molecule has 1 amide bonds. The van der Waals surface area contributed by atoms with Gasteiger partial charge in [0.2, 0.25) is 0 Å². The first kappa shape index (κ1) is 28.5. The zero-order valence-electron chi connectivity index (χ0n) is 21.6. The van der Waals surface area contributed by atoms with Crippen LogP contribution in [0.5, 0.6) is 0 Å². The van der Waals surface area contributed by atoms with Crippen molar-refractivity contribution in [3.8, 4) is 0 Å². The first-order chi connectivity index (χ1) is 18.8. The molecule has 1 aliphatic heterocycles. The fraction of sp³-hybridized carbons (Fsp3) is 0.200. The Kier molecular flexibility index (Phi) is 9.56. The molecule has 0 radical (unpaired) electrons. The number of hydrogen-bond acceptors (Lipinski definition) is 4. The smallest absolute Gasteiger partial charge is 0.263 e. The summed E-state index contributed by atoms with van der Waals surface area (Å²) in [5.41, 5.74) is 4.13. The Morgan fingerprint density at radius 3 is 2.36 bits per heavy atom. The molecule has 0 spiro atoms. The van der Waals surface area contributed by atoms with E-state index < -0.39 is 10.0 Å². The van der Waals surface area contributed by atoms with Crippen LogP contribution in [0.4, 0.5) is 0 Å². The van der Waals surface area contributed by atoms with Gasteiger partial charge in [0.25, 0.3) is 15.9 Å². The number of halogens is 1. The predicted molar refractivity (Wildman–Crippen MR) is 162 cm³/mol. The maximum Gasteiger partial charge on any atom is 0.263 e. The highest BCUT2D eigenvalue weighted by Gasteiger charge is 2.28. The molecule has 39 heavy (non-hydrogen) atoms. The van der Waals surface area contributed by atoms with Crippen molar-refractivity contribution >= 4 is 56.6 Å². The lowest BCUT2D eigenvalue weighted by molar-refractivity contribution is -0.122. The van der Waals surface area contributed by atoms with E-state index in [1.807, 2.05) is 61.5 Å². The lowest BCUT2D eigenvalue weighted by Gasteiger charge is -2.21. The van der Waals surface area contributed by atoms with Crippen molar-refractivity contribution in [1.29, 1.82) is 0 Å². The third-order valence-electron chi connectivity index (χ3n) is 6.24. The van der Waals surface area contributed by atoms with E-state index in [0.717, 1.165) is 35.2 Å². The highest BCUT2D eigenvalue weighted by Crippen LogP contribution is 2.31. The van der Waals surface area contributed by atoms with E-state index in [1.165, 1.54) is 0 Å². The van der Waals surface area contributed by atoms with E-state index in [2.05, 4.69) is 10.0 Å². The first-order valence-electron chi connectivity index (χ1n) is 12.7. The average Bonchev–Trinajstić information content (AvgIpc) is 3.23. The molecule has 0 saturated carbocycles. The second kappa shape index (κ2) is 13.1. The van der Waals surface area contributed by atoms with Crippen LogP contribution >= 0.6 is 23.8 Å². The van der Waals surface area contributed by atoms with Crippen molar-refractivity contribution in [2.45, 2.75) is 31.1 Å². The Balaban J connectivity index is 1.48. The molecule has 9 heteroatoms. The van der Waals surface area contributed by atoms with Crippen LogP contribution in [-0.4, -0.2) is 37.4 Å². The van der Waals surface area contributed by atoms with Gasteiger partial charge in [-0.3, -0.25) is 9.52 Å². The van der Waals surface area contributed by atoms with Crippen molar-refractivity contribution in [2.24, 2.45) is 0 Å². The standard InChI is InChI=1S/C30H30ClN3O3S2/c1-2-3-18-32-30(38)33-39(36,37)27-15-9-22(10-16-27)17-19-34-28(24-11-13-26(31)14-12-24)21-25(29(34)35)20-23-7-5-4-6-8-23/h4-16,20-21H,2-3,17-19H2,1H3,(H2,32,33,38)/b25-20+. The number of thiocarbonyl (C=S) groups is 1. The summed E-state index contributed by atoms with van der Waals surface area (Å²) in [7, 11) is -3.78. The van der Waals surface area contributed by atoms with E-state index in [9.17, 15) is 13.2 Å². The Labute approximate surface area is 240 Å². The number of nitrogens with one attached hydrogen (secondary N) is 2. The number of carbonyl (C=O) groups is 1. The summed E-state index contributed by atoms with van der Waals surface area (Å²) in [6, 6.07) is 23.7. The largest absolute Gasteiger partial charge is 0.362 e. The number of hydrogen-bond donors (Lipinski definition) is 2. The monoisotopic (exact) mass is 579 g/mol. The van der Waals surface area contributed by atoms with E-state index in [4.69, 9.17) is 23.8 Å². The number of nitrogens with zero attached hydrogens (tertiary/aromatic N) is 1. The van der Waals surface area contributed by atoms with E-state index in [0.29, 0.717) is 30.1 Å². The van der Waals surface area contributed by atoms with E-state index >= 15 is 0 Å². The molecule has 2 N–H and O–H groups in total. The van der Waals surface area contributed by atoms with Crippen LogP contribution in [0.2, 0.25) is 5.02 Å². The summed E-state index contributed by atoms with van der Waals surface area (Å²) in [6.07, 6.45) is 6.20. The highest BCUT2D eigenvalue weighted by atomic mass is 35.5. The van der Waals surface area contributed by atoms with Gasteiger partial charge in [-0.2, -0.15) is 0 Å². The maximum absolute atomic E-state index is 13.4. The van der Waals surface area contributed by atoms with Crippen LogP contribution < -0.4 is 10.0 Å². The fourth-order valence-corrected chi connectivity index (χ4v) is 5.62. The summed E-state index contributed by atoms with van der Waals surface area (Å²) in [5.74, 6) is -0.0868. The van der Waals surface area contributed by atoms with Gasteiger partial charge in [0.1, 0.15) is 0 Å². The molecule has 202 valence electrons. The van der Waals surface area contributed by atoms with Gasteiger partial charge in [-0.25, -0.2) is 8.42 Å². The molecule has 6 nitrogen and oxygen atoms in total. The number of rotatable bonds is 10. The van der Waals surface area contributed by atoms with Gasteiger partial charge in [0.05, 0.1) is 10.6 Å². The summed E-state index contributed by atoms with van der Waals surface area (Å²) in [4.78, 5) is 15.3. The Bertz CT molecular complexity index is 1480. The molecule has 0 aliphatic carbocycles. The summed E-state index contributed by atoms with van der Waals surface area (Å²) >= 11 is 11.2. The number of benzene rings is 3. The lowest BCUT2D eigenvalue weighted by atomic mass is 10.1. The Hall–Kier alpha value is -3.46. The molecule has 0 saturated heterocycles. The zero-order valence-corrected chi connectivity index (χ0v) is 24.0. The highest BCUT2D eigenvalue weighted by molar-refractivity contribution is 7.91. The molecule has 1 heterocycles. The van der Waals surface area contributed by atoms with Crippen molar-refractivity contribution in [1.82, 2.24) is 14.9 Å². The minimum Gasteiger partial charge on any atom is -0.362 e. The molecular weight excluding hydrogens is 550 g/mol. The minimum atomic E-state index is -3.78. The maximum atomic E-state index is 13.4. The van der Waals surface area contributed by atoms with Gasteiger partial charge in [-0.1, -0.05) is 79.5 Å². The van der Waals surface area contributed by atoms with Crippen LogP contribution in [0, 0.1) is 0 Å². The van der Waals surface area contributed by atoms with Crippen LogP contribution in [-0.2, 0) is 21.2 Å². The molecule has 0 aromatic heterocycles. The van der Waals surface area contributed by atoms with Gasteiger partial charge in [-0.05, 0) is 78.2 Å². The van der Waals surface area contributed by atoms with Gasteiger partial charge in [-0.15, -0.1) is 0 Å². The SMILES string of the molecule is CCCCNC(=S)NS(=O)(=O)c1ccc(CCN2C(=O)/C(=C/c3ccccc3)C=C2c2ccc(Cl)cc2)cc1. The van der Waals surface area contributed by atoms with Crippen molar-refractivity contribution in [3.63, 3.8) is 0 Å². The van der Waals surface area contributed by atoms with Gasteiger partial charge in [0.15, 0.2) is 5.11 Å². The molecule has 0 unspecified atom stereocenters.